The number of rotatable bonds is 2. The number of hydrogen-bond acceptors (Lipinski definition) is 3. The van der Waals surface area contributed by atoms with Crippen molar-refractivity contribution in [3.8, 4) is 0 Å². The van der Waals surface area contributed by atoms with Gasteiger partial charge in [0.15, 0.2) is 6.29 Å². The van der Waals surface area contributed by atoms with E-state index in [9.17, 15) is 9.59 Å². The van der Waals surface area contributed by atoms with Gasteiger partial charge in [0.2, 0.25) is 5.78 Å². The van der Waals surface area contributed by atoms with Gasteiger partial charge >= 0.3 is 0 Å². The molecule has 3 nitrogen and oxygen atoms in total. The van der Waals surface area contributed by atoms with Crippen molar-refractivity contribution in [2.45, 2.75) is 13.8 Å². The maximum absolute atomic E-state index is 11.6. The molecule has 1 aromatic heterocycles. The first kappa shape index (κ1) is 10.5. The molecule has 1 heterocycles. The Bertz CT molecular complexity index is 588. The molecular formula is C13H11NO2. The van der Waals surface area contributed by atoms with Crippen LogP contribution in [0.4, 0.5) is 0 Å². The summed E-state index contributed by atoms with van der Waals surface area (Å²) in [6, 6.07) is 5.67. The number of benzene rings is 1. The van der Waals surface area contributed by atoms with Gasteiger partial charge in [-0.05, 0) is 37.1 Å². The molecule has 0 aliphatic carbocycles. The second-order valence-electron chi connectivity index (χ2n) is 3.75. The van der Waals surface area contributed by atoms with Crippen molar-refractivity contribution in [1.29, 1.82) is 0 Å². The van der Waals surface area contributed by atoms with E-state index in [-0.39, 0.29) is 0 Å². The number of Topliss-reactive ketones (excluding diaryl/α,β-unsaturated/α-hetero) is 1. The number of aromatic nitrogens is 1. The summed E-state index contributed by atoms with van der Waals surface area (Å²) in [6.07, 6.45) is 1.97. The van der Waals surface area contributed by atoms with E-state index in [1.54, 1.807) is 6.20 Å². The quantitative estimate of drug-likeness (QED) is 0.436. The Morgan fingerprint density at radius 1 is 1.38 bits per heavy atom. The van der Waals surface area contributed by atoms with Crippen LogP contribution in [0.5, 0.6) is 0 Å². The van der Waals surface area contributed by atoms with Crippen molar-refractivity contribution in [2.75, 3.05) is 0 Å². The van der Waals surface area contributed by atoms with Crippen molar-refractivity contribution >= 4 is 23.0 Å². The van der Waals surface area contributed by atoms with Crippen LogP contribution in [-0.4, -0.2) is 17.1 Å². The van der Waals surface area contributed by atoms with Gasteiger partial charge in [-0.25, -0.2) is 0 Å². The minimum atomic E-state index is -0.509. The second kappa shape index (κ2) is 3.85. The summed E-state index contributed by atoms with van der Waals surface area (Å²) < 4.78 is 0. The van der Waals surface area contributed by atoms with E-state index in [2.05, 4.69) is 4.98 Å². The van der Waals surface area contributed by atoms with Crippen molar-refractivity contribution in [2.24, 2.45) is 0 Å². The number of carbonyl (C=O) groups is 2. The third-order valence-electron chi connectivity index (χ3n) is 2.77. The normalized spacial score (nSPS) is 10.4. The zero-order valence-corrected chi connectivity index (χ0v) is 9.15. The average Bonchev–Trinajstić information content (AvgIpc) is 2.30. The third kappa shape index (κ3) is 1.50. The Balaban J connectivity index is 2.92. The van der Waals surface area contributed by atoms with Gasteiger partial charge in [0.1, 0.15) is 0 Å². The van der Waals surface area contributed by atoms with Gasteiger partial charge in [-0.15, -0.1) is 0 Å². The molecule has 0 amide bonds. The maximum Gasteiger partial charge on any atom is 0.227 e. The van der Waals surface area contributed by atoms with Crippen LogP contribution in [0.15, 0.2) is 24.4 Å². The lowest BCUT2D eigenvalue weighted by Gasteiger charge is -2.08. The number of pyridine rings is 1. The Labute approximate surface area is 93.1 Å². The molecule has 0 aliphatic heterocycles. The number of ketones is 1. The van der Waals surface area contributed by atoms with Gasteiger partial charge in [0, 0.05) is 11.6 Å². The highest BCUT2D eigenvalue weighted by Gasteiger charge is 2.15. The van der Waals surface area contributed by atoms with Gasteiger partial charge in [-0.1, -0.05) is 6.07 Å². The summed E-state index contributed by atoms with van der Waals surface area (Å²) in [5.74, 6) is -0.509. The van der Waals surface area contributed by atoms with Crippen molar-refractivity contribution < 1.29 is 9.59 Å². The summed E-state index contributed by atoms with van der Waals surface area (Å²) in [4.78, 5) is 26.4. The SMILES string of the molecule is Cc1cc2cccnc2c(C(=O)C=O)c1C. The number of aryl methyl sites for hydroxylation is 1. The summed E-state index contributed by atoms with van der Waals surface area (Å²) in [5.41, 5.74) is 2.84. The molecule has 1 aromatic carbocycles. The van der Waals surface area contributed by atoms with Crippen LogP contribution < -0.4 is 0 Å². The summed E-state index contributed by atoms with van der Waals surface area (Å²) in [5, 5.41) is 0.885. The molecule has 0 atom stereocenters. The molecule has 0 N–H and O–H groups in total. The number of aldehydes is 1. The zero-order chi connectivity index (χ0) is 11.7. The predicted molar refractivity (Wildman–Crippen MR) is 61.6 cm³/mol. The monoisotopic (exact) mass is 213 g/mol. The van der Waals surface area contributed by atoms with E-state index in [0.717, 1.165) is 16.5 Å². The van der Waals surface area contributed by atoms with Crippen LogP contribution in [0.25, 0.3) is 10.9 Å². The molecule has 0 bridgehead atoms. The first-order valence-corrected chi connectivity index (χ1v) is 4.99. The standard InChI is InChI=1S/C13H11NO2/c1-8-6-10-4-3-5-14-13(10)12(9(8)2)11(16)7-15/h3-7H,1-2H3. The van der Waals surface area contributed by atoms with Crippen LogP contribution in [-0.2, 0) is 4.79 Å². The molecule has 0 spiro atoms. The smallest absolute Gasteiger partial charge is 0.227 e. The van der Waals surface area contributed by atoms with Gasteiger partial charge < -0.3 is 0 Å². The highest BCUT2D eigenvalue weighted by Crippen LogP contribution is 2.23. The molecule has 0 saturated carbocycles. The molecule has 0 aliphatic rings. The van der Waals surface area contributed by atoms with Gasteiger partial charge in [-0.3, -0.25) is 14.6 Å². The molecule has 3 heteroatoms. The topological polar surface area (TPSA) is 47.0 Å². The maximum atomic E-state index is 11.6. The Morgan fingerprint density at radius 2 is 2.12 bits per heavy atom. The van der Waals surface area contributed by atoms with E-state index in [4.69, 9.17) is 0 Å². The van der Waals surface area contributed by atoms with Gasteiger partial charge in [-0.2, -0.15) is 0 Å². The highest BCUT2D eigenvalue weighted by atomic mass is 16.2. The zero-order valence-electron chi connectivity index (χ0n) is 9.15. The summed E-state index contributed by atoms with van der Waals surface area (Å²) >= 11 is 0. The summed E-state index contributed by atoms with van der Waals surface area (Å²) in [7, 11) is 0. The number of nitrogens with zero attached hydrogens (tertiary/aromatic N) is 1. The molecule has 16 heavy (non-hydrogen) atoms. The lowest BCUT2D eigenvalue weighted by Crippen LogP contribution is -2.06. The van der Waals surface area contributed by atoms with Crippen LogP contribution in [0.2, 0.25) is 0 Å². The first-order valence-electron chi connectivity index (χ1n) is 4.99. The number of fused-ring (bicyclic) bond motifs is 1. The van der Waals surface area contributed by atoms with Gasteiger partial charge in [0.05, 0.1) is 11.1 Å². The Morgan fingerprint density at radius 3 is 2.81 bits per heavy atom. The van der Waals surface area contributed by atoms with Crippen molar-refractivity contribution in [3.05, 3.63) is 41.1 Å². The lowest BCUT2D eigenvalue weighted by atomic mass is 9.96. The fourth-order valence-electron chi connectivity index (χ4n) is 1.82. The van der Waals surface area contributed by atoms with E-state index in [0.29, 0.717) is 17.4 Å². The molecule has 0 fully saturated rings. The predicted octanol–water partition coefficient (Wildman–Crippen LogP) is 2.23. The lowest BCUT2D eigenvalue weighted by molar-refractivity contribution is -0.104. The molecule has 0 radical (unpaired) electrons. The van der Waals surface area contributed by atoms with E-state index < -0.39 is 5.78 Å². The van der Waals surface area contributed by atoms with Crippen molar-refractivity contribution in [3.63, 3.8) is 0 Å². The van der Waals surface area contributed by atoms with Crippen LogP contribution in [0, 0.1) is 13.8 Å². The van der Waals surface area contributed by atoms with Crippen molar-refractivity contribution in [1.82, 2.24) is 4.98 Å². The number of carbonyl (C=O) groups excluding carboxylic acids is 2. The fourth-order valence-corrected chi connectivity index (χ4v) is 1.82. The molecule has 0 unspecified atom stereocenters. The Hall–Kier alpha value is -2.03. The largest absolute Gasteiger partial charge is 0.294 e. The third-order valence-corrected chi connectivity index (χ3v) is 2.77. The summed E-state index contributed by atoms with van der Waals surface area (Å²) in [6.45, 7) is 3.75. The van der Waals surface area contributed by atoms with E-state index in [1.165, 1.54) is 0 Å². The molecule has 80 valence electrons. The second-order valence-corrected chi connectivity index (χ2v) is 3.75. The van der Waals surface area contributed by atoms with Gasteiger partial charge in [0.25, 0.3) is 0 Å². The minimum Gasteiger partial charge on any atom is -0.294 e. The minimum absolute atomic E-state index is 0.343. The fraction of sp³-hybridized carbons (Fsp3) is 0.154. The first-order chi connectivity index (χ1) is 7.65. The Kier molecular flexibility index (Phi) is 2.52. The van der Waals surface area contributed by atoms with Crippen LogP contribution in [0.1, 0.15) is 21.5 Å². The van der Waals surface area contributed by atoms with Crippen LogP contribution >= 0.6 is 0 Å². The molecule has 0 saturated heterocycles. The van der Waals surface area contributed by atoms with Crippen LogP contribution in [0.3, 0.4) is 0 Å². The number of hydrogen-bond donors (Lipinski definition) is 0. The average molecular weight is 213 g/mol. The molecular weight excluding hydrogens is 202 g/mol. The molecule has 2 rings (SSSR count). The molecule has 2 aromatic rings. The highest BCUT2D eigenvalue weighted by molar-refractivity contribution is 6.36. The van der Waals surface area contributed by atoms with E-state index in [1.807, 2.05) is 32.0 Å². The van der Waals surface area contributed by atoms with E-state index >= 15 is 0 Å².